The van der Waals surface area contributed by atoms with Gasteiger partial charge >= 0.3 is 0 Å². The van der Waals surface area contributed by atoms with Crippen molar-refractivity contribution in [2.45, 2.75) is 0 Å². The molecule has 3 rings (SSSR count). The molecule has 0 radical (unpaired) electrons. The number of ether oxygens (including phenoxy) is 1. The maximum Gasteiger partial charge on any atom is 0.267 e. The first-order valence-electron chi connectivity index (χ1n) is 8.48. The Morgan fingerprint density at radius 3 is 2.74 bits per heavy atom. The Morgan fingerprint density at radius 1 is 1.19 bits per heavy atom. The Kier molecular flexibility index (Phi) is 6.14. The average molecular weight is 368 g/mol. The second kappa shape index (κ2) is 8.93. The summed E-state index contributed by atoms with van der Waals surface area (Å²) in [6, 6.07) is 10.5. The second-order valence-electron chi connectivity index (χ2n) is 5.85. The van der Waals surface area contributed by atoms with Gasteiger partial charge < -0.3 is 15.0 Å². The summed E-state index contributed by atoms with van der Waals surface area (Å²) in [5, 5.41) is 11.4. The fraction of sp³-hybridized carbons (Fsp3) is 0.211. The van der Waals surface area contributed by atoms with Crippen LogP contribution in [0.5, 0.6) is 0 Å². The lowest BCUT2D eigenvalue weighted by molar-refractivity contribution is -0.124. The molecule has 2 heterocycles. The first-order chi connectivity index (χ1) is 13.2. The zero-order chi connectivity index (χ0) is 19.1. The Morgan fingerprint density at radius 2 is 1.96 bits per heavy atom. The predicted molar refractivity (Wildman–Crippen MR) is 101 cm³/mol. The molecule has 2 amide bonds. The fourth-order valence-corrected chi connectivity index (χ4v) is 2.68. The van der Waals surface area contributed by atoms with Crippen LogP contribution in [0.4, 0.5) is 11.5 Å². The molecule has 2 aromatic rings. The van der Waals surface area contributed by atoms with Gasteiger partial charge in [-0.2, -0.15) is 0 Å². The number of carbonyl (C=O) groups is 2. The van der Waals surface area contributed by atoms with Crippen LogP contribution in [-0.4, -0.2) is 48.3 Å². The molecular formula is C19H20N4O4. The standard InChI is InChI=1S/C19H20N4O4/c24-18(22-26)6-5-14-3-1-2-4-16(14)21-19(25)15-7-8-20-17(13-15)23-9-11-27-12-10-23/h1-8,13,26H,9-12H2,(H,21,25)(H,22,24)/b6-5+. The van der Waals surface area contributed by atoms with E-state index in [1.54, 1.807) is 42.6 Å². The summed E-state index contributed by atoms with van der Waals surface area (Å²) >= 11 is 0. The van der Waals surface area contributed by atoms with E-state index in [-0.39, 0.29) is 5.91 Å². The zero-order valence-electron chi connectivity index (χ0n) is 14.6. The quantitative estimate of drug-likeness (QED) is 0.422. The number of hydroxylamine groups is 1. The summed E-state index contributed by atoms with van der Waals surface area (Å²) in [4.78, 5) is 30.3. The van der Waals surface area contributed by atoms with Crippen LogP contribution in [0, 0.1) is 0 Å². The van der Waals surface area contributed by atoms with E-state index in [1.807, 2.05) is 0 Å². The fourth-order valence-electron chi connectivity index (χ4n) is 2.68. The number of nitrogens with zero attached hydrogens (tertiary/aromatic N) is 2. The minimum Gasteiger partial charge on any atom is -0.378 e. The number of carbonyl (C=O) groups excluding carboxylic acids is 2. The lowest BCUT2D eigenvalue weighted by atomic mass is 10.1. The maximum absolute atomic E-state index is 12.7. The van der Waals surface area contributed by atoms with Crippen molar-refractivity contribution in [1.82, 2.24) is 10.5 Å². The third kappa shape index (κ3) is 4.90. The normalized spacial score (nSPS) is 14.2. The van der Waals surface area contributed by atoms with E-state index in [0.29, 0.717) is 30.0 Å². The molecule has 140 valence electrons. The van der Waals surface area contributed by atoms with E-state index in [2.05, 4.69) is 15.2 Å². The SMILES string of the molecule is O=C(/C=C/c1ccccc1NC(=O)c1ccnc(N2CCOCC2)c1)NO. The molecule has 1 aliphatic rings. The molecule has 8 nitrogen and oxygen atoms in total. The average Bonchev–Trinajstić information content (AvgIpc) is 2.73. The first kappa shape index (κ1) is 18.6. The van der Waals surface area contributed by atoms with Crippen LogP contribution in [0.15, 0.2) is 48.7 Å². The van der Waals surface area contributed by atoms with Crippen molar-refractivity contribution in [3.8, 4) is 0 Å². The molecule has 8 heteroatoms. The molecule has 1 aromatic carbocycles. The van der Waals surface area contributed by atoms with Crippen LogP contribution in [0.2, 0.25) is 0 Å². The number of anilines is 2. The number of amides is 2. The van der Waals surface area contributed by atoms with Crippen molar-refractivity contribution in [2.75, 3.05) is 36.5 Å². The number of hydrogen-bond acceptors (Lipinski definition) is 6. The second-order valence-corrected chi connectivity index (χ2v) is 5.85. The van der Waals surface area contributed by atoms with Gasteiger partial charge in [0.25, 0.3) is 11.8 Å². The van der Waals surface area contributed by atoms with Crippen molar-refractivity contribution in [3.63, 3.8) is 0 Å². The highest BCUT2D eigenvalue weighted by molar-refractivity contribution is 6.06. The van der Waals surface area contributed by atoms with E-state index in [9.17, 15) is 9.59 Å². The molecule has 3 N–H and O–H groups in total. The molecule has 0 atom stereocenters. The van der Waals surface area contributed by atoms with E-state index < -0.39 is 5.91 Å². The number of para-hydroxylation sites is 1. The summed E-state index contributed by atoms with van der Waals surface area (Å²) in [5.74, 6) is -0.196. The topological polar surface area (TPSA) is 104 Å². The van der Waals surface area contributed by atoms with Crippen molar-refractivity contribution in [2.24, 2.45) is 0 Å². The summed E-state index contributed by atoms with van der Waals surface area (Å²) in [6.07, 6.45) is 4.29. The van der Waals surface area contributed by atoms with E-state index in [0.717, 1.165) is 18.9 Å². The van der Waals surface area contributed by atoms with Crippen LogP contribution in [-0.2, 0) is 9.53 Å². The molecule has 27 heavy (non-hydrogen) atoms. The molecule has 1 fully saturated rings. The van der Waals surface area contributed by atoms with Gasteiger partial charge in [-0.15, -0.1) is 0 Å². The Balaban J connectivity index is 1.76. The van der Waals surface area contributed by atoms with E-state index >= 15 is 0 Å². The molecule has 1 aromatic heterocycles. The van der Waals surface area contributed by atoms with Crippen molar-refractivity contribution in [3.05, 3.63) is 59.8 Å². The highest BCUT2D eigenvalue weighted by Gasteiger charge is 2.15. The number of pyridine rings is 1. The van der Waals surface area contributed by atoms with Gasteiger partial charge in [-0.3, -0.25) is 14.8 Å². The zero-order valence-corrected chi connectivity index (χ0v) is 14.6. The molecule has 0 unspecified atom stereocenters. The molecule has 1 aliphatic heterocycles. The predicted octanol–water partition coefficient (Wildman–Crippen LogP) is 1.69. The molecule has 0 spiro atoms. The van der Waals surface area contributed by atoms with Gasteiger partial charge in [-0.25, -0.2) is 10.5 Å². The number of nitrogens with one attached hydrogen (secondary N) is 2. The smallest absolute Gasteiger partial charge is 0.267 e. The van der Waals surface area contributed by atoms with Gasteiger partial charge in [0.05, 0.1) is 13.2 Å². The summed E-state index contributed by atoms with van der Waals surface area (Å²) in [7, 11) is 0. The molecule has 0 aliphatic carbocycles. The van der Waals surface area contributed by atoms with Gasteiger partial charge in [0.2, 0.25) is 0 Å². The Hall–Kier alpha value is -3.23. The van der Waals surface area contributed by atoms with Crippen molar-refractivity contribution < 1.29 is 19.5 Å². The number of hydrogen-bond donors (Lipinski definition) is 3. The number of rotatable bonds is 5. The van der Waals surface area contributed by atoms with Crippen molar-refractivity contribution in [1.29, 1.82) is 0 Å². The lowest BCUT2D eigenvalue weighted by Crippen LogP contribution is -2.36. The Labute approximate surface area is 156 Å². The first-order valence-corrected chi connectivity index (χ1v) is 8.48. The van der Waals surface area contributed by atoms with Crippen LogP contribution in [0.3, 0.4) is 0 Å². The molecular weight excluding hydrogens is 348 g/mol. The minimum absolute atomic E-state index is 0.278. The lowest BCUT2D eigenvalue weighted by Gasteiger charge is -2.27. The number of aromatic nitrogens is 1. The summed E-state index contributed by atoms with van der Waals surface area (Å²) < 4.78 is 5.34. The van der Waals surface area contributed by atoms with Crippen LogP contribution in [0.1, 0.15) is 15.9 Å². The highest BCUT2D eigenvalue weighted by atomic mass is 16.5. The number of morpholine rings is 1. The minimum atomic E-state index is -0.652. The molecule has 0 saturated carbocycles. The third-order valence-corrected chi connectivity index (χ3v) is 4.08. The third-order valence-electron chi connectivity index (χ3n) is 4.08. The van der Waals surface area contributed by atoms with Gasteiger partial charge in [0, 0.05) is 36.6 Å². The Bertz CT molecular complexity index is 847. The van der Waals surface area contributed by atoms with Crippen molar-refractivity contribution >= 4 is 29.4 Å². The summed E-state index contributed by atoms with van der Waals surface area (Å²) in [6.45, 7) is 2.75. The molecule has 1 saturated heterocycles. The van der Waals surface area contributed by atoms with Crippen LogP contribution >= 0.6 is 0 Å². The van der Waals surface area contributed by atoms with Gasteiger partial charge in [0.15, 0.2) is 0 Å². The summed E-state index contributed by atoms with van der Waals surface area (Å²) in [5.41, 5.74) is 3.20. The number of benzene rings is 1. The van der Waals surface area contributed by atoms with Gasteiger partial charge in [0.1, 0.15) is 5.82 Å². The van der Waals surface area contributed by atoms with E-state index in [4.69, 9.17) is 9.94 Å². The highest BCUT2D eigenvalue weighted by Crippen LogP contribution is 2.19. The maximum atomic E-state index is 12.7. The monoisotopic (exact) mass is 368 g/mol. The van der Waals surface area contributed by atoms with Crippen LogP contribution in [0.25, 0.3) is 6.08 Å². The largest absolute Gasteiger partial charge is 0.378 e. The molecule has 0 bridgehead atoms. The van der Waals surface area contributed by atoms with E-state index in [1.165, 1.54) is 17.6 Å². The van der Waals surface area contributed by atoms with Gasteiger partial charge in [-0.05, 0) is 29.8 Å². The van der Waals surface area contributed by atoms with Crippen LogP contribution < -0.4 is 15.7 Å². The van der Waals surface area contributed by atoms with Gasteiger partial charge in [-0.1, -0.05) is 18.2 Å².